The van der Waals surface area contributed by atoms with Crippen molar-refractivity contribution in [3.8, 4) is 16.9 Å². The topological polar surface area (TPSA) is 23.1 Å². The summed E-state index contributed by atoms with van der Waals surface area (Å²) in [6.45, 7) is 4.16. The Labute approximate surface area is 166 Å². The predicted molar refractivity (Wildman–Crippen MR) is 90.8 cm³/mol. The van der Waals surface area contributed by atoms with Crippen molar-refractivity contribution in [2.45, 2.75) is 0 Å². The van der Waals surface area contributed by atoms with Crippen molar-refractivity contribution < 1.29 is 42.8 Å². The van der Waals surface area contributed by atoms with Crippen LogP contribution in [0.5, 0.6) is 5.75 Å². The fourth-order valence-corrected chi connectivity index (χ4v) is 3.12. The van der Waals surface area contributed by atoms with Crippen LogP contribution in [0.2, 0.25) is 0 Å². The molecule has 0 atom stereocenters. The summed E-state index contributed by atoms with van der Waals surface area (Å²) < 4.78 is 0. The Bertz CT molecular complexity index is 926. The minimum atomic E-state index is 0. The fourth-order valence-electron chi connectivity index (χ4n) is 3.12. The number of hydrogen-bond acceptors (Lipinski definition) is 1. The van der Waals surface area contributed by atoms with Crippen LogP contribution in [-0.4, -0.2) is 0 Å². The minimum Gasteiger partial charge on any atom is -0.873 e. The van der Waals surface area contributed by atoms with Gasteiger partial charge in [-0.2, -0.15) is 18.6 Å². The van der Waals surface area contributed by atoms with Gasteiger partial charge in [0.1, 0.15) is 0 Å². The normalized spacial score (nSPS) is 10.2. The summed E-state index contributed by atoms with van der Waals surface area (Å²) in [5, 5.41) is 16.9. The van der Waals surface area contributed by atoms with Gasteiger partial charge >= 0.3 is 37.7 Å². The average molecular weight is 296 g/mol. The van der Waals surface area contributed by atoms with Crippen LogP contribution < -0.4 is 42.8 Å². The van der Waals surface area contributed by atoms with Crippen molar-refractivity contribution in [3.05, 3.63) is 85.3 Å². The van der Waals surface area contributed by atoms with Crippen LogP contribution in [0, 0.1) is 6.92 Å². The number of hydrogen-bond donors (Lipinski definition) is 0. The molecule has 4 aromatic rings. The van der Waals surface area contributed by atoms with Gasteiger partial charge in [0.25, 0.3) is 0 Å². The Morgan fingerprint density at radius 2 is 1.08 bits per heavy atom. The summed E-state index contributed by atoms with van der Waals surface area (Å²) in [4.78, 5) is 0. The van der Waals surface area contributed by atoms with E-state index < -0.39 is 0 Å². The second-order valence-electron chi connectivity index (χ2n) is 5.48. The van der Waals surface area contributed by atoms with E-state index in [1.54, 1.807) is 6.07 Å². The Morgan fingerprint density at radius 3 is 1.71 bits per heavy atom. The SMILES string of the molecule is [CH2-]c1ccc2ccccc2c1-c1c([O-])ccc2ccccc12.[Li+].[Li+]. The van der Waals surface area contributed by atoms with Crippen molar-refractivity contribution in [2.24, 2.45) is 0 Å². The summed E-state index contributed by atoms with van der Waals surface area (Å²) in [6.07, 6.45) is 0. The van der Waals surface area contributed by atoms with E-state index in [-0.39, 0.29) is 43.5 Å². The third-order valence-corrected chi connectivity index (χ3v) is 4.16. The van der Waals surface area contributed by atoms with Crippen molar-refractivity contribution in [2.75, 3.05) is 0 Å². The van der Waals surface area contributed by atoms with E-state index in [9.17, 15) is 5.11 Å². The zero-order valence-corrected chi connectivity index (χ0v) is 14.0. The van der Waals surface area contributed by atoms with Crippen molar-refractivity contribution in [1.82, 2.24) is 0 Å². The molecule has 3 heteroatoms. The van der Waals surface area contributed by atoms with Gasteiger partial charge in [-0.3, -0.25) is 0 Å². The van der Waals surface area contributed by atoms with Crippen LogP contribution in [0.15, 0.2) is 72.8 Å². The van der Waals surface area contributed by atoms with E-state index in [1.807, 2.05) is 48.5 Å². The monoisotopic (exact) mass is 296 g/mol. The number of rotatable bonds is 1. The zero-order chi connectivity index (χ0) is 15.1. The molecule has 0 aliphatic rings. The second kappa shape index (κ2) is 7.44. The average Bonchev–Trinajstić information content (AvgIpc) is 2.56. The minimum absolute atomic E-state index is 0. The van der Waals surface area contributed by atoms with E-state index >= 15 is 0 Å². The molecule has 1 nitrogen and oxygen atoms in total. The van der Waals surface area contributed by atoms with Gasteiger partial charge < -0.3 is 5.11 Å². The quantitative estimate of drug-likeness (QED) is 0.324. The first-order chi connectivity index (χ1) is 10.8. The molecule has 0 heterocycles. The summed E-state index contributed by atoms with van der Waals surface area (Å²) >= 11 is 0. The van der Waals surface area contributed by atoms with Crippen LogP contribution >= 0.6 is 0 Å². The van der Waals surface area contributed by atoms with E-state index in [0.717, 1.165) is 38.2 Å². The molecule has 0 unspecified atom stereocenters. The number of benzene rings is 4. The molecule has 4 rings (SSSR count). The molecule has 0 amide bonds. The van der Waals surface area contributed by atoms with Gasteiger partial charge in [-0.1, -0.05) is 71.6 Å². The van der Waals surface area contributed by atoms with Crippen molar-refractivity contribution >= 4 is 21.5 Å². The van der Waals surface area contributed by atoms with Crippen LogP contribution in [-0.2, 0) is 0 Å². The Balaban J connectivity index is 0.00000104. The van der Waals surface area contributed by atoms with Crippen molar-refractivity contribution in [3.63, 3.8) is 0 Å². The Kier molecular flexibility index (Phi) is 5.76. The maximum absolute atomic E-state index is 12.6. The molecule has 4 aromatic carbocycles. The fraction of sp³-hybridized carbons (Fsp3) is 0. The zero-order valence-electron chi connectivity index (χ0n) is 14.0. The van der Waals surface area contributed by atoms with Crippen molar-refractivity contribution in [1.29, 1.82) is 0 Å². The molecule has 0 saturated heterocycles. The molecule has 106 valence electrons. The number of fused-ring (bicyclic) bond motifs is 2. The molecule has 0 aromatic heterocycles. The van der Waals surface area contributed by atoms with Gasteiger partial charge in [-0.25, -0.2) is 0 Å². The van der Waals surface area contributed by atoms with Gasteiger partial charge in [0, 0.05) is 0 Å². The molecule has 0 radical (unpaired) electrons. The second-order valence-corrected chi connectivity index (χ2v) is 5.48. The molecule has 0 fully saturated rings. The summed E-state index contributed by atoms with van der Waals surface area (Å²) in [5.74, 6) is 0.0416. The Morgan fingerprint density at radius 1 is 0.583 bits per heavy atom. The third-order valence-electron chi connectivity index (χ3n) is 4.16. The van der Waals surface area contributed by atoms with E-state index in [0.29, 0.717) is 0 Å². The third kappa shape index (κ3) is 2.98. The van der Waals surface area contributed by atoms with Gasteiger partial charge in [0.15, 0.2) is 0 Å². The molecule has 0 N–H and O–H groups in total. The Hall–Kier alpha value is -1.74. The summed E-state index contributed by atoms with van der Waals surface area (Å²) in [7, 11) is 0. The first-order valence-corrected chi connectivity index (χ1v) is 7.28. The van der Waals surface area contributed by atoms with E-state index in [2.05, 4.69) is 25.1 Å². The van der Waals surface area contributed by atoms with Gasteiger partial charge in [-0.15, -0.1) is 17.4 Å². The van der Waals surface area contributed by atoms with E-state index in [1.165, 1.54) is 0 Å². The van der Waals surface area contributed by atoms with Gasteiger partial charge in [0.2, 0.25) is 0 Å². The predicted octanol–water partition coefficient (Wildman–Crippen LogP) is -1.08. The smallest absolute Gasteiger partial charge is 0.873 e. The molecule has 0 aliphatic carbocycles. The standard InChI is InChI=1S/C21H15O.2Li/c1-14-10-11-15-6-2-4-8-17(15)20(14)21-18-9-5-3-7-16(18)12-13-19(21)22;;/h2-13,22H,1H2;;/q-1;2*+1/p-1. The maximum Gasteiger partial charge on any atom is 1.00 e. The largest absolute Gasteiger partial charge is 1.00 e. The molecule has 0 aliphatic heterocycles. The van der Waals surface area contributed by atoms with Crippen LogP contribution in [0.3, 0.4) is 0 Å². The molecular weight excluding hydrogens is 282 g/mol. The van der Waals surface area contributed by atoms with Gasteiger partial charge in [0.05, 0.1) is 0 Å². The van der Waals surface area contributed by atoms with E-state index in [4.69, 9.17) is 0 Å². The molecule has 0 bridgehead atoms. The van der Waals surface area contributed by atoms with Gasteiger partial charge in [-0.05, 0) is 16.2 Å². The molecular formula is C21H14Li2O. The summed E-state index contributed by atoms with van der Waals surface area (Å²) in [6, 6.07) is 23.7. The molecule has 24 heavy (non-hydrogen) atoms. The maximum atomic E-state index is 12.6. The molecule has 0 spiro atoms. The first kappa shape index (κ1) is 18.6. The first-order valence-electron chi connectivity index (χ1n) is 7.28. The van der Waals surface area contributed by atoms with Crippen LogP contribution in [0.4, 0.5) is 0 Å². The summed E-state index contributed by atoms with van der Waals surface area (Å²) in [5.41, 5.74) is 2.58. The van der Waals surface area contributed by atoms with Crippen LogP contribution in [0.1, 0.15) is 5.56 Å². The molecule has 0 saturated carbocycles. The van der Waals surface area contributed by atoms with Crippen LogP contribution in [0.25, 0.3) is 32.7 Å².